The summed E-state index contributed by atoms with van der Waals surface area (Å²) in [5, 5.41) is 14.0. The van der Waals surface area contributed by atoms with Crippen LogP contribution >= 0.6 is 15.9 Å². The Labute approximate surface area is 112 Å². The molecule has 6 heteroatoms. The van der Waals surface area contributed by atoms with E-state index in [0.717, 1.165) is 0 Å². The summed E-state index contributed by atoms with van der Waals surface area (Å²) in [7, 11) is 1.69. The normalized spacial score (nSPS) is 12.7. The predicted molar refractivity (Wildman–Crippen MR) is 70.4 cm³/mol. The number of hydrogen-bond donors (Lipinski definition) is 2. The van der Waals surface area contributed by atoms with Crippen LogP contribution in [0.15, 0.2) is 28.9 Å². The molecule has 1 unspecified atom stereocenters. The number of nitrogens with two attached hydrogens (primary N) is 1. The van der Waals surface area contributed by atoms with E-state index >= 15 is 0 Å². The first-order valence-electron chi connectivity index (χ1n) is 5.38. The van der Waals surface area contributed by atoms with Gasteiger partial charge in [-0.25, -0.2) is 4.39 Å². The number of anilines is 1. The van der Waals surface area contributed by atoms with E-state index in [9.17, 15) is 9.50 Å². The number of nitrogens with zero attached hydrogens (tertiary/aromatic N) is 2. The minimum Gasteiger partial charge on any atom is -0.388 e. The summed E-state index contributed by atoms with van der Waals surface area (Å²) in [6.07, 6.45) is 0.792. The molecule has 2 aromatic rings. The molecule has 0 saturated carbocycles. The molecule has 0 aliphatic rings. The van der Waals surface area contributed by atoms with Gasteiger partial charge in [0.05, 0.1) is 12.3 Å². The average molecular weight is 314 g/mol. The van der Waals surface area contributed by atoms with E-state index in [2.05, 4.69) is 21.0 Å². The Morgan fingerprint density at radius 1 is 1.56 bits per heavy atom. The molecule has 0 bridgehead atoms. The van der Waals surface area contributed by atoms with Gasteiger partial charge in [0.1, 0.15) is 11.6 Å². The number of nitrogen functional groups attached to an aromatic ring is 1. The van der Waals surface area contributed by atoms with Gasteiger partial charge in [-0.1, -0.05) is 22.0 Å². The van der Waals surface area contributed by atoms with E-state index in [1.807, 2.05) is 0 Å². The zero-order valence-electron chi connectivity index (χ0n) is 9.77. The summed E-state index contributed by atoms with van der Waals surface area (Å²) in [6, 6.07) is 4.74. The number of aromatic nitrogens is 2. The lowest BCUT2D eigenvalue weighted by molar-refractivity contribution is 0.178. The Hall–Kier alpha value is -1.40. The number of aliphatic hydroxyl groups excluding tert-OH is 1. The zero-order chi connectivity index (χ0) is 13.3. The summed E-state index contributed by atoms with van der Waals surface area (Å²) in [5.41, 5.74) is 6.71. The number of hydrogen-bond acceptors (Lipinski definition) is 3. The third-order valence-corrected chi connectivity index (χ3v) is 3.30. The minimum atomic E-state index is -0.866. The van der Waals surface area contributed by atoms with Gasteiger partial charge in [-0.3, -0.25) is 4.68 Å². The van der Waals surface area contributed by atoms with Crippen LogP contribution in [-0.2, 0) is 13.5 Å². The van der Waals surface area contributed by atoms with Crippen molar-refractivity contribution in [3.05, 3.63) is 45.8 Å². The highest BCUT2D eigenvalue weighted by atomic mass is 79.9. The van der Waals surface area contributed by atoms with Crippen molar-refractivity contribution < 1.29 is 9.50 Å². The molecule has 2 rings (SSSR count). The molecule has 1 atom stereocenters. The summed E-state index contributed by atoms with van der Waals surface area (Å²) < 4.78 is 15.8. The Morgan fingerprint density at radius 2 is 2.28 bits per heavy atom. The van der Waals surface area contributed by atoms with Crippen molar-refractivity contribution in [1.82, 2.24) is 9.78 Å². The summed E-state index contributed by atoms with van der Waals surface area (Å²) >= 11 is 3.19. The molecular formula is C12H13BrFN3O. The molecular weight excluding hydrogens is 301 g/mol. The van der Waals surface area contributed by atoms with E-state index in [4.69, 9.17) is 5.73 Å². The van der Waals surface area contributed by atoms with Crippen LogP contribution in [0.2, 0.25) is 0 Å². The standard InChI is InChI=1S/C12H13BrFN3O/c1-17-12(15)9(6-16-17)11(18)4-7-2-3-8(13)5-10(7)14/h2-3,5-6,11,18H,4,15H2,1H3. The number of halogens is 2. The SMILES string of the molecule is Cn1ncc(C(O)Cc2ccc(Br)cc2F)c1N. The van der Waals surface area contributed by atoms with Gasteiger partial charge < -0.3 is 10.8 Å². The lowest BCUT2D eigenvalue weighted by Gasteiger charge is -2.11. The van der Waals surface area contributed by atoms with Gasteiger partial charge in [0.15, 0.2) is 0 Å². The highest BCUT2D eigenvalue weighted by Crippen LogP contribution is 2.25. The Balaban J connectivity index is 2.21. The van der Waals surface area contributed by atoms with Gasteiger partial charge >= 0.3 is 0 Å². The van der Waals surface area contributed by atoms with E-state index in [1.54, 1.807) is 19.2 Å². The number of aliphatic hydroxyl groups is 1. The first-order chi connectivity index (χ1) is 8.49. The third-order valence-electron chi connectivity index (χ3n) is 2.80. The Bertz CT molecular complexity index is 570. The quantitative estimate of drug-likeness (QED) is 0.913. The molecule has 0 saturated heterocycles. The van der Waals surface area contributed by atoms with Crippen LogP contribution in [0.1, 0.15) is 17.2 Å². The molecule has 96 valence electrons. The lowest BCUT2D eigenvalue weighted by Crippen LogP contribution is -2.07. The maximum absolute atomic E-state index is 13.6. The first kappa shape index (κ1) is 13.0. The maximum atomic E-state index is 13.6. The van der Waals surface area contributed by atoms with E-state index in [-0.39, 0.29) is 12.2 Å². The van der Waals surface area contributed by atoms with E-state index in [0.29, 0.717) is 21.4 Å². The van der Waals surface area contributed by atoms with Crippen LogP contribution in [0.3, 0.4) is 0 Å². The molecule has 0 spiro atoms. The molecule has 3 N–H and O–H groups in total. The maximum Gasteiger partial charge on any atom is 0.127 e. The summed E-state index contributed by atoms with van der Waals surface area (Å²) in [4.78, 5) is 0. The highest BCUT2D eigenvalue weighted by Gasteiger charge is 2.17. The van der Waals surface area contributed by atoms with Crippen LogP contribution in [0.4, 0.5) is 10.2 Å². The third kappa shape index (κ3) is 2.54. The van der Waals surface area contributed by atoms with Crippen LogP contribution in [-0.4, -0.2) is 14.9 Å². The van der Waals surface area contributed by atoms with Crippen LogP contribution in [0, 0.1) is 5.82 Å². The fourth-order valence-corrected chi connectivity index (χ4v) is 2.06. The predicted octanol–water partition coefficient (Wildman–Crippen LogP) is 2.18. The smallest absolute Gasteiger partial charge is 0.127 e. The van der Waals surface area contributed by atoms with E-state index < -0.39 is 6.10 Å². The lowest BCUT2D eigenvalue weighted by atomic mass is 10.0. The van der Waals surface area contributed by atoms with Crippen LogP contribution < -0.4 is 5.73 Å². The molecule has 1 aromatic heterocycles. The summed E-state index contributed by atoms with van der Waals surface area (Å²) in [6.45, 7) is 0. The van der Waals surface area contributed by atoms with Crippen molar-refractivity contribution in [3.63, 3.8) is 0 Å². The van der Waals surface area contributed by atoms with Crippen molar-refractivity contribution >= 4 is 21.7 Å². The van der Waals surface area contributed by atoms with Crippen molar-refractivity contribution in [2.45, 2.75) is 12.5 Å². The number of aryl methyl sites for hydroxylation is 1. The van der Waals surface area contributed by atoms with Gasteiger partial charge in [-0.2, -0.15) is 5.10 Å². The minimum absolute atomic E-state index is 0.162. The van der Waals surface area contributed by atoms with Gasteiger partial charge in [0, 0.05) is 23.5 Å². The van der Waals surface area contributed by atoms with Gasteiger partial charge in [-0.15, -0.1) is 0 Å². The largest absolute Gasteiger partial charge is 0.388 e. The first-order valence-corrected chi connectivity index (χ1v) is 6.17. The molecule has 0 radical (unpaired) electrons. The van der Waals surface area contributed by atoms with Crippen molar-refractivity contribution in [3.8, 4) is 0 Å². The second kappa shape index (κ2) is 5.07. The fourth-order valence-electron chi connectivity index (χ4n) is 1.73. The van der Waals surface area contributed by atoms with Crippen molar-refractivity contribution in [1.29, 1.82) is 0 Å². The molecule has 18 heavy (non-hydrogen) atoms. The van der Waals surface area contributed by atoms with Gasteiger partial charge in [0.25, 0.3) is 0 Å². The molecule has 0 fully saturated rings. The zero-order valence-corrected chi connectivity index (χ0v) is 11.4. The van der Waals surface area contributed by atoms with Gasteiger partial charge in [0.2, 0.25) is 0 Å². The molecule has 4 nitrogen and oxygen atoms in total. The van der Waals surface area contributed by atoms with Gasteiger partial charge in [-0.05, 0) is 17.7 Å². The second-order valence-electron chi connectivity index (χ2n) is 4.06. The molecule has 0 aliphatic carbocycles. The second-order valence-corrected chi connectivity index (χ2v) is 4.98. The van der Waals surface area contributed by atoms with Crippen molar-refractivity contribution in [2.24, 2.45) is 7.05 Å². The number of rotatable bonds is 3. The van der Waals surface area contributed by atoms with Crippen LogP contribution in [0.25, 0.3) is 0 Å². The van der Waals surface area contributed by atoms with Crippen molar-refractivity contribution in [2.75, 3.05) is 5.73 Å². The molecule has 1 heterocycles. The Morgan fingerprint density at radius 3 is 2.83 bits per heavy atom. The molecule has 1 aromatic carbocycles. The monoisotopic (exact) mass is 313 g/mol. The topological polar surface area (TPSA) is 64.1 Å². The summed E-state index contributed by atoms with van der Waals surface area (Å²) in [5.74, 6) is 0.0332. The fraction of sp³-hybridized carbons (Fsp3) is 0.250. The number of benzene rings is 1. The van der Waals surface area contributed by atoms with E-state index in [1.165, 1.54) is 16.9 Å². The Kier molecular flexibility index (Phi) is 3.68. The van der Waals surface area contributed by atoms with Crippen LogP contribution in [0.5, 0.6) is 0 Å². The molecule has 0 amide bonds. The molecule has 0 aliphatic heterocycles. The average Bonchev–Trinajstić information content (AvgIpc) is 2.64. The highest BCUT2D eigenvalue weighted by molar-refractivity contribution is 9.10.